The van der Waals surface area contributed by atoms with Crippen LogP contribution in [0.15, 0.2) is 42.7 Å². The van der Waals surface area contributed by atoms with Gasteiger partial charge in [-0.3, -0.25) is 4.98 Å². The fraction of sp³-hybridized carbons (Fsp3) is 0.267. The topological polar surface area (TPSA) is 50.7 Å². The molecule has 0 amide bonds. The van der Waals surface area contributed by atoms with Crippen molar-refractivity contribution in [3.8, 4) is 0 Å². The van der Waals surface area contributed by atoms with E-state index in [-0.39, 0.29) is 6.04 Å². The van der Waals surface area contributed by atoms with Gasteiger partial charge in [0.15, 0.2) is 0 Å². The first-order chi connectivity index (χ1) is 9.90. The average Bonchev–Trinajstić information content (AvgIpc) is 3.02. The lowest BCUT2D eigenvalue weighted by Gasteiger charge is -2.18. The smallest absolute Gasteiger partial charge is 0.0957 e. The highest BCUT2D eigenvalue weighted by Crippen LogP contribution is 2.27. The SMILES string of the molecule is CCCNC(c1cnsn1)c1cccc2ncccc12. The molecule has 0 aliphatic carbocycles. The van der Waals surface area contributed by atoms with Gasteiger partial charge in [-0.1, -0.05) is 25.1 Å². The van der Waals surface area contributed by atoms with E-state index in [0.717, 1.165) is 29.6 Å². The Kier molecular flexibility index (Phi) is 3.99. The molecule has 4 nitrogen and oxygen atoms in total. The summed E-state index contributed by atoms with van der Waals surface area (Å²) in [6.45, 7) is 3.10. The van der Waals surface area contributed by atoms with Crippen molar-refractivity contribution in [3.05, 3.63) is 54.0 Å². The van der Waals surface area contributed by atoms with Crippen LogP contribution in [0.5, 0.6) is 0 Å². The van der Waals surface area contributed by atoms with Gasteiger partial charge in [0, 0.05) is 11.6 Å². The lowest BCUT2D eigenvalue weighted by atomic mass is 9.99. The van der Waals surface area contributed by atoms with E-state index in [4.69, 9.17) is 0 Å². The molecule has 0 aliphatic heterocycles. The third-order valence-electron chi connectivity index (χ3n) is 3.26. The van der Waals surface area contributed by atoms with Gasteiger partial charge in [-0.15, -0.1) is 0 Å². The van der Waals surface area contributed by atoms with Gasteiger partial charge in [-0.05, 0) is 30.7 Å². The van der Waals surface area contributed by atoms with Crippen LogP contribution in [0.4, 0.5) is 0 Å². The van der Waals surface area contributed by atoms with E-state index in [0.29, 0.717) is 0 Å². The van der Waals surface area contributed by atoms with Crippen molar-refractivity contribution in [3.63, 3.8) is 0 Å². The standard InChI is InChI=1S/C15H16N4S/c1-2-8-17-15(14-10-18-20-19-14)12-5-3-7-13-11(12)6-4-9-16-13/h3-7,9-10,15,17H,2,8H2,1H3. The molecule has 5 heteroatoms. The van der Waals surface area contributed by atoms with E-state index in [9.17, 15) is 0 Å². The van der Waals surface area contributed by atoms with Crippen molar-refractivity contribution < 1.29 is 0 Å². The number of nitrogens with zero attached hydrogens (tertiary/aromatic N) is 3. The number of hydrogen-bond donors (Lipinski definition) is 1. The van der Waals surface area contributed by atoms with Crippen LogP contribution in [0, 0.1) is 0 Å². The number of benzene rings is 1. The van der Waals surface area contributed by atoms with Crippen molar-refractivity contribution in [2.45, 2.75) is 19.4 Å². The largest absolute Gasteiger partial charge is 0.305 e. The Hall–Kier alpha value is -1.85. The zero-order valence-electron chi connectivity index (χ0n) is 11.3. The summed E-state index contributed by atoms with van der Waals surface area (Å²) in [7, 11) is 0. The predicted octanol–water partition coefficient (Wildman–Crippen LogP) is 3.18. The molecule has 1 N–H and O–H groups in total. The Bertz CT molecular complexity index is 676. The molecule has 0 saturated heterocycles. The molecule has 0 bridgehead atoms. The Labute approximate surface area is 122 Å². The summed E-state index contributed by atoms with van der Waals surface area (Å²) in [5, 5.41) is 4.72. The van der Waals surface area contributed by atoms with Crippen LogP contribution >= 0.6 is 11.7 Å². The average molecular weight is 284 g/mol. The second-order valence-electron chi connectivity index (χ2n) is 4.64. The normalized spacial score (nSPS) is 12.7. The monoisotopic (exact) mass is 284 g/mol. The van der Waals surface area contributed by atoms with Crippen LogP contribution in [-0.4, -0.2) is 20.3 Å². The minimum absolute atomic E-state index is 0.0709. The first-order valence-corrected chi connectivity index (χ1v) is 7.47. The molecule has 1 atom stereocenters. The predicted molar refractivity (Wildman–Crippen MR) is 81.8 cm³/mol. The minimum atomic E-state index is 0.0709. The molecular weight excluding hydrogens is 268 g/mol. The molecule has 0 spiro atoms. The van der Waals surface area contributed by atoms with Crippen molar-refractivity contribution in [2.24, 2.45) is 0 Å². The van der Waals surface area contributed by atoms with Gasteiger partial charge in [0.1, 0.15) is 0 Å². The summed E-state index contributed by atoms with van der Waals surface area (Å²) in [5.41, 5.74) is 3.19. The third kappa shape index (κ3) is 2.55. The minimum Gasteiger partial charge on any atom is -0.305 e. The molecule has 0 aliphatic rings. The molecule has 1 aromatic carbocycles. The van der Waals surface area contributed by atoms with Gasteiger partial charge in [0.2, 0.25) is 0 Å². The van der Waals surface area contributed by atoms with Crippen molar-refractivity contribution in [2.75, 3.05) is 6.54 Å². The Morgan fingerprint density at radius 3 is 3.00 bits per heavy atom. The molecule has 3 rings (SSSR count). The fourth-order valence-electron chi connectivity index (χ4n) is 2.34. The molecule has 20 heavy (non-hydrogen) atoms. The Morgan fingerprint density at radius 1 is 1.25 bits per heavy atom. The molecule has 0 saturated carbocycles. The molecule has 1 unspecified atom stereocenters. The van der Waals surface area contributed by atoms with Crippen LogP contribution < -0.4 is 5.32 Å². The number of rotatable bonds is 5. The van der Waals surface area contributed by atoms with Gasteiger partial charge < -0.3 is 5.32 Å². The molecule has 2 aromatic heterocycles. The van der Waals surface area contributed by atoms with Crippen LogP contribution in [-0.2, 0) is 0 Å². The fourth-order valence-corrected chi connectivity index (χ4v) is 2.79. The molecule has 2 heterocycles. The first kappa shape index (κ1) is 13.1. The van der Waals surface area contributed by atoms with Gasteiger partial charge in [0.05, 0.1) is 35.2 Å². The highest BCUT2D eigenvalue weighted by atomic mass is 32.1. The second-order valence-corrected chi connectivity index (χ2v) is 5.19. The highest BCUT2D eigenvalue weighted by molar-refractivity contribution is 6.99. The number of aromatic nitrogens is 3. The van der Waals surface area contributed by atoms with Crippen molar-refractivity contribution in [1.29, 1.82) is 0 Å². The maximum absolute atomic E-state index is 4.42. The molecule has 0 fully saturated rings. The molecule has 3 aromatic rings. The summed E-state index contributed by atoms with van der Waals surface area (Å²) in [5.74, 6) is 0. The van der Waals surface area contributed by atoms with Gasteiger partial charge >= 0.3 is 0 Å². The zero-order valence-corrected chi connectivity index (χ0v) is 12.1. The second kappa shape index (κ2) is 6.07. The zero-order chi connectivity index (χ0) is 13.8. The molecule has 102 valence electrons. The summed E-state index contributed by atoms with van der Waals surface area (Å²) in [6.07, 6.45) is 4.75. The van der Waals surface area contributed by atoms with Crippen LogP contribution in [0.1, 0.15) is 30.6 Å². The third-order valence-corrected chi connectivity index (χ3v) is 3.76. The van der Waals surface area contributed by atoms with E-state index < -0.39 is 0 Å². The van der Waals surface area contributed by atoms with E-state index in [1.54, 1.807) is 0 Å². The Morgan fingerprint density at radius 2 is 2.20 bits per heavy atom. The lowest BCUT2D eigenvalue weighted by molar-refractivity contribution is 0.593. The van der Waals surface area contributed by atoms with Gasteiger partial charge in [0.25, 0.3) is 0 Å². The summed E-state index contributed by atoms with van der Waals surface area (Å²) >= 11 is 1.25. The van der Waals surface area contributed by atoms with Crippen molar-refractivity contribution in [1.82, 2.24) is 19.0 Å². The van der Waals surface area contributed by atoms with E-state index in [1.165, 1.54) is 17.3 Å². The molecular formula is C15H16N4S. The van der Waals surface area contributed by atoms with E-state index >= 15 is 0 Å². The summed E-state index contributed by atoms with van der Waals surface area (Å²) in [6, 6.07) is 10.4. The maximum Gasteiger partial charge on any atom is 0.0957 e. The van der Waals surface area contributed by atoms with Crippen LogP contribution in [0.2, 0.25) is 0 Å². The van der Waals surface area contributed by atoms with Gasteiger partial charge in [-0.2, -0.15) is 8.75 Å². The van der Waals surface area contributed by atoms with Crippen LogP contribution in [0.3, 0.4) is 0 Å². The quantitative estimate of drug-likeness (QED) is 0.782. The maximum atomic E-state index is 4.42. The highest BCUT2D eigenvalue weighted by Gasteiger charge is 2.18. The van der Waals surface area contributed by atoms with E-state index in [1.807, 2.05) is 30.6 Å². The van der Waals surface area contributed by atoms with E-state index in [2.05, 4.69) is 38.1 Å². The van der Waals surface area contributed by atoms with Gasteiger partial charge in [-0.25, -0.2) is 0 Å². The lowest BCUT2D eigenvalue weighted by Crippen LogP contribution is -2.23. The van der Waals surface area contributed by atoms with Crippen molar-refractivity contribution >= 4 is 22.6 Å². The molecule has 0 radical (unpaired) electrons. The summed E-state index contributed by atoms with van der Waals surface area (Å²) in [4.78, 5) is 4.42. The number of fused-ring (bicyclic) bond motifs is 1. The number of hydrogen-bond acceptors (Lipinski definition) is 5. The summed E-state index contributed by atoms with van der Waals surface area (Å²) < 4.78 is 8.53. The Balaban J connectivity index is 2.09. The van der Waals surface area contributed by atoms with Crippen LogP contribution in [0.25, 0.3) is 10.9 Å². The number of nitrogens with one attached hydrogen (secondary N) is 1. The number of pyridine rings is 1. The first-order valence-electron chi connectivity index (χ1n) is 6.74.